The molecule has 0 spiro atoms. The smallest absolute Gasteiger partial charge is 0.125 e. The van der Waals surface area contributed by atoms with Crippen LogP contribution in [0.2, 0.25) is 0 Å². The molecule has 0 heterocycles. The molecule has 1 rings (SSSR count). The van der Waals surface area contributed by atoms with E-state index < -0.39 is 0 Å². The highest BCUT2D eigenvalue weighted by molar-refractivity contribution is 5.60. The number of anilines is 1. The Morgan fingerprint density at radius 1 is 1.26 bits per heavy atom. The zero-order chi connectivity index (χ0) is 14.3. The molecule has 19 heavy (non-hydrogen) atoms. The van der Waals surface area contributed by atoms with Crippen LogP contribution in [0.4, 0.5) is 5.69 Å². The first-order valence-electron chi connectivity index (χ1n) is 7.34. The van der Waals surface area contributed by atoms with Crippen molar-refractivity contribution in [3.05, 3.63) is 23.8 Å². The number of methoxy groups -OCH3 is 1. The van der Waals surface area contributed by atoms with Gasteiger partial charge >= 0.3 is 0 Å². The molecule has 1 atom stereocenters. The van der Waals surface area contributed by atoms with Gasteiger partial charge < -0.3 is 15.0 Å². The van der Waals surface area contributed by atoms with E-state index in [1.807, 2.05) is 6.07 Å². The zero-order valence-corrected chi connectivity index (χ0v) is 13.0. The molecule has 0 aliphatic carbocycles. The van der Waals surface area contributed by atoms with Crippen LogP contribution in [-0.4, -0.2) is 26.7 Å². The van der Waals surface area contributed by atoms with Crippen molar-refractivity contribution >= 4 is 5.69 Å². The Balaban J connectivity index is 3.21. The van der Waals surface area contributed by atoms with Crippen LogP contribution in [0.1, 0.15) is 45.7 Å². The first-order chi connectivity index (χ1) is 9.19. The second-order valence-corrected chi connectivity index (χ2v) is 4.75. The van der Waals surface area contributed by atoms with E-state index in [4.69, 9.17) is 4.74 Å². The number of hydrogen-bond acceptors (Lipinski definition) is 3. The highest BCUT2D eigenvalue weighted by atomic mass is 16.5. The molecule has 1 unspecified atom stereocenters. The highest BCUT2D eigenvalue weighted by Crippen LogP contribution is 2.34. The van der Waals surface area contributed by atoms with Gasteiger partial charge in [0, 0.05) is 30.4 Å². The lowest BCUT2D eigenvalue weighted by atomic mass is 10.0. The molecular weight excluding hydrogens is 236 g/mol. The maximum atomic E-state index is 5.56. The minimum atomic E-state index is 0.294. The third-order valence-electron chi connectivity index (χ3n) is 3.42. The van der Waals surface area contributed by atoms with E-state index in [-0.39, 0.29) is 0 Å². The average Bonchev–Trinajstić information content (AvgIpc) is 2.44. The molecule has 1 aromatic rings. The van der Waals surface area contributed by atoms with Crippen LogP contribution in [0.25, 0.3) is 0 Å². The summed E-state index contributed by atoms with van der Waals surface area (Å²) in [5.74, 6) is 0.973. The van der Waals surface area contributed by atoms with Crippen molar-refractivity contribution in [3.63, 3.8) is 0 Å². The Morgan fingerprint density at radius 2 is 2.00 bits per heavy atom. The van der Waals surface area contributed by atoms with Gasteiger partial charge in [0.05, 0.1) is 7.11 Å². The molecule has 1 N–H and O–H groups in total. The number of nitrogens with zero attached hydrogens (tertiary/aromatic N) is 1. The minimum absolute atomic E-state index is 0.294. The van der Waals surface area contributed by atoms with E-state index in [9.17, 15) is 0 Å². The summed E-state index contributed by atoms with van der Waals surface area (Å²) in [6, 6.07) is 6.62. The molecule has 108 valence electrons. The van der Waals surface area contributed by atoms with E-state index in [2.05, 4.69) is 50.0 Å². The second-order valence-electron chi connectivity index (χ2n) is 4.75. The Hall–Kier alpha value is -1.22. The van der Waals surface area contributed by atoms with Crippen LogP contribution in [-0.2, 0) is 0 Å². The quantitative estimate of drug-likeness (QED) is 0.776. The van der Waals surface area contributed by atoms with Crippen LogP contribution in [0.15, 0.2) is 18.2 Å². The molecule has 3 nitrogen and oxygen atoms in total. The third-order valence-corrected chi connectivity index (χ3v) is 3.42. The summed E-state index contributed by atoms with van der Waals surface area (Å²) in [6.07, 6.45) is 1.15. The molecule has 0 bridgehead atoms. The molecule has 0 saturated heterocycles. The van der Waals surface area contributed by atoms with Crippen molar-refractivity contribution in [2.75, 3.05) is 31.6 Å². The Morgan fingerprint density at radius 3 is 2.53 bits per heavy atom. The lowest BCUT2D eigenvalue weighted by Crippen LogP contribution is -2.27. The zero-order valence-electron chi connectivity index (χ0n) is 13.0. The predicted molar refractivity (Wildman–Crippen MR) is 83.3 cm³/mol. The SMILES string of the molecule is CCCN(CC)c1cccc(OC)c1C(C)NCC. The van der Waals surface area contributed by atoms with Gasteiger partial charge in [-0.15, -0.1) is 0 Å². The summed E-state index contributed by atoms with van der Waals surface area (Å²) in [4.78, 5) is 2.42. The van der Waals surface area contributed by atoms with Crippen molar-refractivity contribution in [2.45, 2.75) is 40.2 Å². The van der Waals surface area contributed by atoms with Gasteiger partial charge in [-0.1, -0.05) is 19.9 Å². The Labute approximate surface area is 118 Å². The molecule has 0 amide bonds. The number of benzene rings is 1. The first-order valence-corrected chi connectivity index (χ1v) is 7.34. The van der Waals surface area contributed by atoms with E-state index in [1.54, 1.807) is 7.11 Å². The Kier molecular flexibility index (Phi) is 6.71. The topological polar surface area (TPSA) is 24.5 Å². The van der Waals surface area contributed by atoms with Crippen LogP contribution < -0.4 is 15.0 Å². The van der Waals surface area contributed by atoms with Gasteiger partial charge in [0.25, 0.3) is 0 Å². The first kappa shape index (κ1) is 15.8. The van der Waals surface area contributed by atoms with Crippen LogP contribution in [0.3, 0.4) is 0 Å². The van der Waals surface area contributed by atoms with Gasteiger partial charge in [-0.25, -0.2) is 0 Å². The standard InChI is InChI=1S/C16H28N2O/c1-6-12-18(8-3)14-10-9-11-15(19-5)16(14)13(4)17-7-2/h9-11,13,17H,6-8,12H2,1-5H3. The van der Waals surface area contributed by atoms with E-state index >= 15 is 0 Å². The molecule has 0 aromatic heterocycles. The number of rotatable bonds is 8. The largest absolute Gasteiger partial charge is 0.496 e. The minimum Gasteiger partial charge on any atom is -0.496 e. The van der Waals surface area contributed by atoms with Crippen LogP contribution in [0.5, 0.6) is 5.75 Å². The molecule has 0 saturated carbocycles. The lowest BCUT2D eigenvalue weighted by molar-refractivity contribution is 0.402. The third kappa shape index (κ3) is 3.87. The Bertz CT molecular complexity index is 379. The monoisotopic (exact) mass is 264 g/mol. The summed E-state index contributed by atoms with van der Waals surface area (Å²) in [7, 11) is 1.75. The maximum Gasteiger partial charge on any atom is 0.125 e. The van der Waals surface area contributed by atoms with Crippen molar-refractivity contribution < 1.29 is 4.74 Å². The normalized spacial score (nSPS) is 12.3. The van der Waals surface area contributed by atoms with Crippen LogP contribution in [0, 0.1) is 0 Å². The van der Waals surface area contributed by atoms with Crippen molar-refractivity contribution in [3.8, 4) is 5.75 Å². The van der Waals surface area contributed by atoms with E-state index in [0.717, 1.165) is 31.8 Å². The predicted octanol–water partition coefficient (Wildman–Crippen LogP) is 3.60. The highest BCUT2D eigenvalue weighted by Gasteiger charge is 2.18. The second kappa shape index (κ2) is 8.05. The van der Waals surface area contributed by atoms with Gasteiger partial charge in [-0.05, 0) is 38.9 Å². The molecule has 1 aromatic carbocycles. The van der Waals surface area contributed by atoms with Crippen molar-refractivity contribution in [2.24, 2.45) is 0 Å². The molecule has 3 heteroatoms. The molecule has 0 aliphatic heterocycles. The fraction of sp³-hybridized carbons (Fsp3) is 0.625. The summed E-state index contributed by atoms with van der Waals surface area (Å²) < 4.78 is 5.56. The van der Waals surface area contributed by atoms with Crippen LogP contribution >= 0.6 is 0 Å². The molecule has 0 fully saturated rings. The van der Waals surface area contributed by atoms with E-state index in [1.165, 1.54) is 11.3 Å². The van der Waals surface area contributed by atoms with Gasteiger partial charge in [-0.2, -0.15) is 0 Å². The summed E-state index contributed by atoms with van der Waals surface area (Å²) in [6.45, 7) is 11.8. The summed E-state index contributed by atoms with van der Waals surface area (Å²) >= 11 is 0. The fourth-order valence-corrected chi connectivity index (χ4v) is 2.55. The fourth-order valence-electron chi connectivity index (χ4n) is 2.55. The number of nitrogens with one attached hydrogen (secondary N) is 1. The molecular formula is C16H28N2O. The lowest BCUT2D eigenvalue weighted by Gasteiger charge is -2.29. The average molecular weight is 264 g/mol. The maximum absolute atomic E-state index is 5.56. The summed E-state index contributed by atoms with van der Waals surface area (Å²) in [5, 5.41) is 3.49. The van der Waals surface area contributed by atoms with Crippen molar-refractivity contribution in [1.29, 1.82) is 0 Å². The van der Waals surface area contributed by atoms with Gasteiger partial charge in [0.15, 0.2) is 0 Å². The summed E-state index contributed by atoms with van der Waals surface area (Å²) in [5.41, 5.74) is 2.55. The molecule has 0 aliphatic rings. The van der Waals surface area contributed by atoms with Gasteiger partial charge in [0.1, 0.15) is 5.75 Å². The number of ether oxygens (including phenoxy) is 1. The molecule has 0 radical (unpaired) electrons. The van der Waals surface area contributed by atoms with Gasteiger partial charge in [-0.3, -0.25) is 0 Å². The number of hydrogen-bond donors (Lipinski definition) is 1. The van der Waals surface area contributed by atoms with E-state index in [0.29, 0.717) is 6.04 Å². The van der Waals surface area contributed by atoms with Crippen molar-refractivity contribution in [1.82, 2.24) is 5.32 Å². The van der Waals surface area contributed by atoms with Gasteiger partial charge in [0.2, 0.25) is 0 Å².